The Morgan fingerprint density at radius 3 is 2.90 bits per heavy atom. The van der Waals surface area contributed by atoms with E-state index < -0.39 is 10.0 Å². The molecule has 0 spiro atoms. The summed E-state index contributed by atoms with van der Waals surface area (Å²) in [5, 5.41) is 8.77. The molecule has 2 unspecified atom stereocenters. The minimum absolute atomic E-state index is 0.188. The van der Waals surface area contributed by atoms with Crippen LogP contribution in [0.3, 0.4) is 0 Å². The molecule has 3 N–H and O–H groups in total. The topological polar surface area (TPSA) is 75.4 Å². The van der Waals surface area contributed by atoms with Gasteiger partial charge >= 0.3 is 0 Å². The minimum Gasteiger partial charge on any atom is -0.308 e. The van der Waals surface area contributed by atoms with E-state index in [0.717, 1.165) is 5.56 Å². The maximum absolute atomic E-state index is 11.4. The summed E-state index contributed by atoms with van der Waals surface area (Å²) in [6.07, 6.45) is 5.09. The summed E-state index contributed by atoms with van der Waals surface area (Å²) < 4.78 is 22.8. The number of hydrogen-bond acceptors (Lipinski definition) is 4. The Morgan fingerprint density at radius 2 is 2.10 bits per heavy atom. The number of nitrogens with zero attached hydrogens (tertiary/aromatic N) is 1. The summed E-state index contributed by atoms with van der Waals surface area (Å²) in [5.74, 6) is 0. The lowest BCUT2D eigenvalue weighted by Crippen LogP contribution is -2.44. The number of nitrogens with one attached hydrogen (secondary N) is 1. The van der Waals surface area contributed by atoms with Crippen LogP contribution in [0, 0.1) is 0 Å². The Bertz CT molecular complexity index is 603. The largest absolute Gasteiger partial charge is 0.308 e. The van der Waals surface area contributed by atoms with E-state index in [0.29, 0.717) is 18.6 Å². The van der Waals surface area contributed by atoms with E-state index >= 15 is 0 Å². The average Bonchev–Trinajstić information content (AvgIpc) is 2.88. The lowest BCUT2D eigenvalue weighted by molar-refractivity contribution is 0.180. The Kier molecular flexibility index (Phi) is 4.31. The monoisotopic (exact) mass is 309 g/mol. The van der Waals surface area contributed by atoms with Crippen LogP contribution in [-0.4, -0.2) is 38.5 Å². The van der Waals surface area contributed by atoms with E-state index in [-0.39, 0.29) is 4.90 Å². The van der Waals surface area contributed by atoms with Crippen LogP contribution in [0.1, 0.15) is 31.2 Å². The first-order valence-corrected chi connectivity index (χ1v) is 9.18. The van der Waals surface area contributed by atoms with Crippen molar-refractivity contribution >= 4 is 10.0 Å². The Morgan fingerprint density at radius 1 is 1.24 bits per heavy atom. The second-order valence-corrected chi connectivity index (χ2v) is 7.63. The number of benzene rings is 1. The van der Waals surface area contributed by atoms with Gasteiger partial charge in [-0.05, 0) is 43.5 Å². The van der Waals surface area contributed by atoms with Crippen molar-refractivity contribution in [3.8, 4) is 0 Å². The standard InChI is InChI=1S/C15H23N3O2S/c16-21(19,20)13-5-3-4-12(10-13)11-17-14-7-9-18-8-2-1-6-15(14)18/h3-5,10,14-15,17H,1-2,6-9,11H2,(H2,16,19,20). The summed E-state index contributed by atoms with van der Waals surface area (Å²) in [6, 6.07) is 8.06. The van der Waals surface area contributed by atoms with Crippen molar-refractivity contribution in [2.45, 2.75) is 49.2 Å². The van der Waals surface area contributed by atoms with Gasteiger partial charge in [-0.3, -0.25) is 4.90 Å². The van der Waals surface area contributed by atoms with Crippen LogP contribution in [0.25, 0.3) is 0 Å². The molecule has 2 saturated heterocycles. The molecule has 3 rings (SSSR count). The van der Waals surface area contributed by atoms with Gasteiger partial charge < -0.3 is 5.32 Å². The van der Waals surface area contributed by atoms with E-state index in [1.165, 1.54) is 44.8 Å². The second kappa shape index (κ2) is 6.04. The van der Waals surface area contributed by atoms with E-state index in [4.69, 9.17) is 5.14 Å². The Labute approximate surface area is 126 Å². The molecule has 0 amide bonds. The van der Waals surface area contributed by atoms with E-state index in [9.17, 15) is 8.42 Å². The molecule has 0 aliphatic carbocycles. The molecule has 1 aromatic carbocycles. The van der Waals surface area contributed by atoms with Gasteiger partial charge in [-0.15, -0.1) is 0 Å². The van der Waals surface area contributed by atoms with Crippen LogP contribution in [0.4, 0.5) is 0 Å². The molecule has 2 atom stereocenters. The van der Waals surface area contributed by atoms with Crippen molar-refractivity contribution in [2.75, 3.05) is 13.1 Å². The van der Waals surface area contributed by atoms with Gasteiger partial charge in [-0.1, -0.05) is 18.6 Å². The third kappa shape index (κ3) is 3.45. The highest BCUT2D eigenvalue weighted by atomic mass is 32.2. The smallest absolute Gasteiger partial charge is 0.238 e. The lowest BCUT2D eigenvalue weighted by Gasteiger charge is -2.32. The molecule has 1 aromatic rings. The van der Waals surface area contributed by atoms with E-state index in [1.807, 2.05) is 6.07 Å². The number of piperidine rings is 1. The molecule has 6 heteroatoms. The van der Waals surface area contributed by atoms with Crippen molar-refractivity contribution in [2.24, 2.45) is 5.14 Å². The zero-order chi connectivity index (χ0) is 14.9. The van der Waals surface area contributed by atoms with Crippen molar-refractivity contribution < 1.29 is 8.42 Å². The summed E-state index contributed by atoms with van der Waals surface area (Å²) >= 11 is 0. The predicted molar refractivity (Wildman–Crippen MR) is 82.3 cm³/mol. The molecule has 5 nitrogen and oxygen atoms in total. The molecule has 0 radical (unpaired) electrons. The van der Waals surface area contributed by atoms with Crippen LogP contribution in [0.5, 0.6) is 0 Å². The van der Waals surface area contributed by atoms with Crippen molar-refractivity contribution in [1.82, 2.24) is 10.2 Å². The Hall–Kier alpha value is -0.950. The second-order valence-electron chi connectivity index (χ2n) is 6.07. The highest BCUT2D eigenvalue weighted by molar-refractivity contribution is 7.89. The summed E-state index contributed by atoms with van der Waals surface area (Å²) in [5.41, 5.74) is 0.968. The van der Waals surface area contributed by atoms with E-state index in [1.54, 1.807) is 12.1 Å². The molecule has 21 heavy (non-hydrogen) atoms. The van der Waals surface area contributed by atoms with Gasteiger partial charge in [-0.25, -0.2) is 13.6 Å². The molecule has 0 saturated carbocycles. The highest BCUT2D eigenvalue weighted by Gasteiger charge is 2.34. The summed E-state index contributed by atoms with van der Waals surface area (Å²) in [7, 11) is -3.62. The van der Waals surface area contributed by atoms with Crippen LogP contribution in [0.15, 0.2) is 29.2 Å². The van der Waals surface area contributed by atoms with Gasteiger partial charge in [0, 0.05) is 25.2 Å². The number of nitrogens with two attached hydrogens (primary N) is 1. The predicted octanol–water partition coefficient (Wildman–Crippen LogP) is 1.05. The molecule has 116 valence electrons. The number of hydrogen-bond donors (Lipinski definition) is 2. The first kappa shape index (κ1) is 15.0. The molecule has 2 fully saturated rings. The molecule has 0 bridgehead atoms. The van der Waals surface area contributed by atoms with Crippen LogP contribution >= 0.6 is 0 Å². The quantitative estimate of drug-likeness (QED) is 0.872. The molecule has 2 aliphatic heterocycles. The first-order chi connectivity index (χ1) is 10.0. The zero-order valence-electron chi connectivity index (χ0n) is 12.2. The van der Waals surface area contributed by atoms with Crippen molar-refractivity contribution in [1.29, 1.82) is 0 Å². The minimum atomic E-state index is -3.62. The zero-order valence-corrected chi connectivity index (χ0v) is 13.0. The third-order valence-corrected chi connectivity index (χ3v) is 5.56. The molecule has 2 heterocycles. The van der Waals surface area contributed by atoms with Gasteiger partial charge in [-0.2, -0.15) is 0 Å². The van der Waals surface area contributed by atoms with E-state index in [2.05, 4.69) is 10.2 Å². The Balaban J connectivity index is 1.63. The fourth-order valence-corrected chi connectivity index (χ4v) is 4.15. The molecule has 0 aromatic heterocycles. The van der Waals surface area contributed by atoms with Crippen LogP contribution in [0.2, 0.25) is 0 Å². The summed E-state index contributed by atoms with van der Waals surface area (Å²) in [6.45, 7) is 3.10. The van der Waals surface area contributed by atoms with Crippen molar-refractivity contribution in [3.63, 3.8) is 0 Å². The number of sulfonamides is 1. The number of rotatable bonds is 4. The molecule has 2 aliphatic rings. The third-order valence-electron chi connectivity index (χ3n) is 4.65. The van der Waals surface area contributed by atoms with Gasteiger partial charge in [0.2, 0.25) is 10.0 Å². The first-order valence-electron chi connectivity index (χ1n) is 7.63. The maximum Gasteiger partial charge on any atom is 0.238 e. The van der Waals surface area contributed by atoms with Crippen molar-refractivity contribution in [3.05, 3.63) is 29.8 Å². The SMILES string of the molecule is NS(=O)(=O)c1cccc(CNC2CCN3CCCCC23)c1. The lowest BCUT2D eigenvalue weighted by atomic mass is 9.99. The van der Waals surface area contributed by atoms with Gasteiger partial charge in [0.1, 0.15) is 0 Å². The van der Waals surface area contributed by atoms with Gasteiger partial charge in [0.25, 0.3) is 0 Å². The normalized spacial score (nSPS) is 26.7. The fourth-order valence-electron chi connectivity index (χ4n) is 3.57. The number of primary sulfonamides is 1. The van der Waals surface area contributed by atoms with Gasteiger partial charge in [0.15, 0.2) is 0 Å². The fraction of sp³-hybridized carbons (Fsp3) is 0.600. The van der Waals surface area contributed by atoms with Gasteiger partial charge in [0.05, 0.1) is 4.90 Å². The molecular weight excluding hydrogens is 286 g/mol. The van der Waals surface area contributed by atoms with Crippen LogP contribution < -0.4 is 10.5 Å². The summed E-state index contributed by atoms with van der Waals surface area (Å²) in [4.78, 5) is 2.77. The maximum atomic E-state index is 11.4. The molecular formula is C15H23N3O2S. The average molecular weight is 309 g/mol. The highest BCUT2D eigenvalue weighted by Crippen LogP contribution is 2.27. The van der Waals surface area contributed by atoms with Crippen LogP contribution in [-0.2, 0) is 16.6 Å². The number of fused-ring (bicyclic) bond motifs is 1.